The van der Waals surface area contributed by atoms with Gasteiger partial charge in [0.1, 0.15) is 0 Å². The SMILES string of the molecule is CCC(C)NC(=O)CCNC(=NC)NCCCn1cccn1.I. The first-order chi connectivity index (χ1) is 10.7. The van der Waals surface area contributed by atoms with Crippen molar-refractivity contribution >= 4 is 35.8 Å². The highest BCUT2D eigenvalue weighted by Crippen LogP contribution is 1.90. The number of nitrogens with one attached hydrogen (secondary N) is 3. The van der Waals surface area contributed by atoms with Crippen LogP contribution in [0.4, 0.5) is 0 Å². The second-order valence-electron chi connectivity index (χ2n) is 5.18. The monoisotopic (exact) mass is 436 g/mol. The predicted octanol–water partition coefficient (Wildman–Crippen LogP) is 1.36. The molecule has 0 bridgehead atoms. The van der Waals surface area contributed by atoms with Crippen molar-refractivity contribution in [3.8, 4) is 0 Å². The number of hydrogen-bond acceptors (Lipinski definition) is 3. The van der Waals surface area contributed by atoms with Gasteiger partial charge in [-0.25, -0.2) is 0 Å². The number of aliphatic imine (C=N–C) groups is 1. The van der Waals surface area contributed by atoms with Crippen molar-refractivity contribution in [1.29, 1.82) is 0 Å². The number of rotatable bonds is 9. The summed E-state index contributed by atoms with van der Waals surface area (Å²) in [6, 6.07) is 2.14. The smallest absolute Gasteiger partial charge is 0.221 e. The van der Waals surface area contributed by atoms with E-state index in [4.69, 9.17) is 0 Å². The lowest BCUT2D eigenvalue weighted by Gasteiger charge is -2.13. The van der Waals surface area contributed by atoms with E-state index in [2.05, 4.69) is 33.0 Å². The third-order valence-electron chi connectivity index (χ3n) is 3.30. The predicted molar refractivity (Wildman–Crippen MR) is 104 cm³/mol. The third kappa shape index (κ3) is 10.1. The Morgan fingerprint density at radius 1 is 1.35 bits per heavy atom. The maximum Gasteiger partial charge on any atom is 0.221 e. The van der Waals surface area contributed by atoms with E-state index in [1.807, 2.05) is 23.9 Å². The Labute approximate surface area is 155 Å². The topological polar surface area (TPSA) is 83.3 Å². The molecule has 1 amide bonds. The molecule has 23 heavy (non-hydrogen) atoms. The number of hydrogen-bond donors (Lipinski definition) is 3. The van der Waals surface area contributed by atoms with Crippen LogP contribution in [0.15, 0.2) is 23.5 Å². The summed E-state index contributed by atoms with van der Waals surface area (Å²) in [4.78, 5) is 15.8. The summed E-state index contributed by atoms with van der Waals surface area (Å²) in [5.41, 5.74) is 0. The largest absolute Gasteiger partial charge is 0.356 e. The third-order valence-corrected chi connectivity index (χ3v) is 3.30. The van der Waals surface area contributed by atoms with Crippen molar-refractivity contribution in [3.05, 3.63) is 18.5 Å². The average molecular weight is 436 g/mol. The minimum Gasteiger partial charge on any atom is -0.356 e. The van der Waals surface area contributed by atoms with Gasteiger partial charge in [0.15, 0.2) is 5.96 Å². The molecule has 0 aliphatic heterocycles. The molecule has 0 aromatic carbocycles. The van der Waals surface area contributed by atoms with Crippen LogP contribution in [-0.2, 0) is 11.3 Å². The summed E-state index contributed by atoms with van der Waals surface area (Å²) >= 11 is 0. The second-order valence-corrected chi connectivity index (χ2v) is 5.18. The fourth-order valence-corrected chi connectivity index (χ4v) is 1.84. The maximum atomic E-state index is 11.7. The van der Waals surface area contributed by atoms with E-state index in [-0.39, 0.29) is 35.9 Å². The molecule has 1 aromatic heterocycles. The average Bonchev–Trinajstić information content (AvgIpc) is 3.02. The fraction of sp³-hybridized carbons (Fsp3) is 0.667. The Kier molecular flexibility index (Phi) is 12.4. The number of amides is 1. The van der Waals surface area contributed by atoms with Gasteiger partial charge in [-0.1, -0.05) is 6.92 Å². The molecule has 7 nitrogen and oxygen atoms in total. The van der Waals surface area contributed by atoms with E-state index in [9.17, 15) is 4.79 Å². The zero-order valence-corrected chi connectivity index (χ0v) is 16.5. The Hall–Kier alpha value is -1.32. The minimum atomic E-state index is 0. The molecule has 1 unspecified atom stereocenters. The quantitative estimate of drug-likeness (QED) is 0.236. The standard InChI is InChI=1S/C15H28N6O.HI/c1-4-13(2)20-14(22)7-10-18-15(16-3)17-8-5-11-21-12-6-9-19-21;/h6,9,12-13H,4-5,7-8,10-11H2,1-3H3,(H,20,22)(H2,16,17,18);1H. The van der Waals surface area contributed by atoms with E-state index in [1.165, 1.54) is 0 Å². The molecule has 1 aromatic rings. The zero-order chi connectivity index (χ0) is 16.2. The van der Waals surface area contributed by atoms with Crippen LogP contribution < -0.4 is 16.0 Å². The normalized spacial score (nSPS) is 12.2. The summed E-state index contributed by atoms with van der Waals surface area (Å²) in [6.45, 7) is 6.30. The molecule has 1 heterocycles. The molecule has 0 radical (unpaired) electrons. The van der Waals surface area contributed by atoms with Gasteiger partial charge in [-0.3, -0.25) is 14.5 Å². The van der Waals surface area contributed by atoms with Crippen molar-refractivity contribution in [3.63, 3.8) is 0 Å². The van der Waals surface area contributed by atoms with Gasteiger partial charge in [-0.05, 0) is 25.8 Å². The molecule has 0 saturated carbocycles. The van der Waals surface area contributed by atoms with Crippen LogP contribution in [0.25, 0.3) is 0 Å². The highest BCUT2D eigenvalue weighted by Gasteiger charge is 2.05. The first-order valence-electron chi connectivity index (χ1n) is 7.87. The van der Waals surface area contributed by atoms with Gasteiger partial charge in [0.25, 0.3) is 0 Å². The Morgan fingerprint density at radius 2 is 2.09 bits per heavy atom. The molecule has 0 aliphatic rings. The number of carbonyl (C=O) groups is 1. The lowest BCUT2D eigenvalue weighted by atomic mass is 10.2. The van der Waals surface area contributed by atoms with Gasteiger partial charge >= 0.3 is 0 Å². The highest BCUT2D eigenvalue weighted by atomic mass is 127. The number of guanidine groups is 1. The van der Waals surface area contributed by atoms with Crippen molar-refractivity contribution in [2.24, 2.45) is 4.99 Å². The van der Waals surface area contributed by atoms with Crippen LogP contribution in [0.5, 0.6) is 0 Å². The van der Waals surface area contributed by atoms with Gasteiger partial charge < -0.3 is 16.0 Å². The molecule has 0 fully saturated rings. The molecule has 1 rings (SSSR count). The van der Waals surface area contributed by atoms with Gasteiger partial charge in [0, 0.05) is 51.5 Å². The van der Waals surface area contributed by atoms with Crippen LogP contribution in [0.2, 0.25) is 0 Å². The number of halogens is 1. The molecular weight excluding hydrogens is 407 g/mol. The van der Waals surface area contributed by atoms with Crippen LogP contribution >= 0.6 is 24.0 Å². The summed E-state index contributed by atoms with van der Waals surface area (Å²) in [6.07, 6.45) is 6.06. The Morgan fingerprint density at radius 3 is 2.70 bits per heavy atom. The number of carbonyl (C=O) groups excluding carboxylic acids is 1. The van der Waals surface area contributed by atoms with Gasteiger partial charge in [0.2, 0.25) is 5.91 Å². The van der Waals surface area contributed by atoms with E-state index in [0.717, 1.165) is 31.9 Å². The van der Waals surface area contributed by atoms with E-state index in [1.54, 1.807) is 13.2 Å². The van der Waals surface area contributed by atoms with Gasteiger partial charge in [0.05, 0.1) is 0 Å². The first-order valence-corrected chi connectivity index (χ1v) is 7.87. The Balaban J connectivity index is 0.00000484. The number of aromatic nitrogens is 2. The summed E-state index contributed by atoms with van der Waals surface area (Å²) in [5, 5.41) is 13.5. The van der Waals surface area contributed by atoms with Gasteiger partial charge in [-0.2, -0.15) is 5.10 Å². The van der Waals surface area contributed by atoms with Crippen molar-refractivity contribution in [2.45, 2.75) is 45.7 Å². The summed E-state index contributed by atoms with van der Waals surface area (Å²) in [5.74, 6) is 0.785. The van der Waals surface area contributed by atoms with E-state index < -0.39 is 0 Å². The molecule has 0 saturated heterocycles. The molecule has 0 spiro atoms. The van der Waals surface area contributed by atoms with Crippen LogP contribution in [0.1, 0.15) is 33.1 Å². The van der Waals surface area contributed by atoms with Crippen molar-refractivity contribution < 1.29 is 4.79 Å². The Bertz CT molecular complexity index is 449. The van der Waals surface area contributed by atoms with Crippen molar-refractivity contribution in [1.82, 2.24) is 25.7 Å². The lowest BCUT2D eigenvalue weighted by molar-refractivity contribution is -0.121. The molecule has 3 N–H and O–H groups in total. The lowest BCUT2D eigenvalue weighted by Crippen LogP contribution is -2.40. The minimum absolute atomic E-state index is 0. The van der Waals surface area contributed by atoms with Crippen LogP contribution in [-0.4, -0.2) is 47.8 Å². The molecule has 0 aliphatic carbocycles. The van der Waals surface area contributed by atoms with Crippen molar-refractivity contribution in [2.75, 3.05) is 20.1 Å². The van der Waals surface area contributed by atoms with Crippen LogP contribution in [0.3, 0.4) is 0 Å². The second kappa shape index (κ2) is 13.1. The summed E-state index contributed by atoms with van der Waals surface area (Å²) in [7, 11) is 1.72. The van der Waals surface area contributed by atoms with Gasteiger partial charge in [-0.15, -0.1) is 24.0 Å². The number of aryl methyl sites for hydroxylation is 1. The zero-order valence-electron chi connectivity index (χ0n) is 14.2. The first kappa shape index (κ1) is 21.7. The number of nitrogens with zero attached hydrogens (tertiary/aromatic N) is 3. The highest BCUT2D eigenvalue weighted by molar-refractivity contribution is 14.0. The molecule has 1 atom stereocenters. The van der Waals surface area contributed by atoms with E-state index in [0.29, 0.717) is 13.0 Å². The van der Waals surface area contributed by atoms with Crippen LogP contribution in [0, 0.1) is 0 Å². The molecule has 8 heteroatoms. The summed E-state index contributed by atoms with van der Waals surface area (Å²) < 4.78 is 1.90. The van der Waals surface area contributed by atoms with E-state index >= 15 is 0 Å². The fourth-order valence-electron chi connectivity index (χ4n) is 1.84. The molecule has 132 valence electrons. The maximum absolute atomic E-state index is 11.7. The molecular formula is C15H29IN6O.